The van der Waals surface area contributed by atoms with Crippen molar-refractivity contribution in [3.8, 4) is 6.01 Å². The van der Waals surface area contributed by atoms with Crippen LogP contribution in [-0.2, 0) is 0 Å². The standard InChI is InChI=1S/C34H36F3N5O3/c1-20(43)22-5-2-4-21(12-22)13-26(44)8-9-27-29(36)14-28-31(30(27)37)39-33(40-32(28)41-17-24-6-7-25(18-41)38-24)45-19-34-10-3-11-42(34)16-23(35)15-34/h2,4-5,8-9,12-14,23-25,38,44H,3,6-7,10-11,15-19H2,1H3/b9-8+,26-13+/t23-,24?,25?,34+/m1/s1. The average Bonchev–Trinajstić information content (AvgIpc) is 3.66. The highest BCUT2D eigenvalue weighted by Crippen LogP contribution is 2.41. The number of carbonyl (C=O) groups excluding carboxylic acids is 1. The Morgan fingerprint density at radius 3 is 2.76 bits per heavy atom. The van der Waals surface area contributed by atoms with Gasteiger partial charge in [0.1, 0.15) is 35.7 Å². The number of halogens is 3. The predicted octanol–water partition coefficient (Wildman–Crippen LogP) is 5.62. The normalized spacial score (nSPS) is 26.7. The number of alkyl halides is 1. The summed E-state index contributed by atoms with van der Waals surface area (Å²) in [6.45, 7) is 4.09. The first kappa shape index (κ1) is 29.7. The molecular weight excluding hydrogens is 583 g/mol. The summed E-state index contributed by atoms with van der Waals surface area (Å²) in [6, 6.07) is 8.41. The Labute approximate surface area is 259 Å². The van der Waals surface area contributed by atoms with E-state index >= 15 is 8.78 Å². The average molecular weight is 620 g/mol. The number of anilines is 1. The van der Waals surface area contributed by atoms with Crippen molar-refractivity contribution in [2.75, 3.05) is 37.7 Å². The van der Waals surface area contributed by atoms with Crippen molar-refractivity contribution in [3.63, 3.8) is 0 Å². The number of ether oxygens (including phenoxy) is 1. The maximum atomic E-state index is 16.2. The van der Waals surface area contributed by atoms with E-state index in [2.05, 4.69) is 15.2 Å². The zero-order valence-corrected chi connectivity index (χ0v) is 25.1. The van der Waals surface area contributed by atoms with Crippen LogP contribution in [0.5, 0.6) is 6.01 Å². The van der Waals surface area contributed by atoms with Gasteiger partial charge in [0.2, 0.25) is 0 Å². The molecule has 8 nitrogen and oxygen atoms in total. The second-order valence-corrected chi connectivity index (χ2v) is 12.8. The molecule has 4 atom stereocenters. The molecule has 7 rings (SSSR count). The second-order valence-electron chi connectivity index (χ2n) is 12.8. The van der Waals surface area contributed by atoms with Crippen molar-refractivity contribution in [2.45, 2.75) is 62.8 Å². The number of hydrogen-bond donors (Lipinski definition) is 2. The molecule has 1 aromatic heterocycles. The number of allylic oxidation sites excluding steroid dienone is 1. The lowest BCUT2D eigenvalue weighted by Gasteiger charge is -2.34. The molecule has 2 aromatic carbocycles. The monoisotopic (exact) mass is 619 g/mol. The minimum atomic E-state index is -0.920. The van der Waals surface area contributed by atoms with E-state index in [0.717, 1.165) is 38.3 Å². The summed E-state index contributed by atoms with van der Waals surface area (Å²) in [7, 11) is 0. The first-order chi connectivity index (χ1) is 21.7. The van der Waals surface area contributed by atoms with Crippen molar-refractivity contribution in [1.29, 1.82) is 0 Å². The van der Waals surface area contributed by atoms with E-state index in [4.69, 9.17) is 9.72 Å². The molecule has 236 valence electrons. The molecule has 45 heavy (non-hydrogen) atoms. The Hall–Kier alpha value is -3.96. The van der Waals surface area contributed by atoms with E-state index in [-0.39, 0.29) is 52.7 Å². The number of fused-ring (bicyclic) bond motifs is 4. The Kier molecular flexibility index (Phi) is 7.77. The Balaban J connectivity index is 1.24. The minimum Gasteiger partial charge on any atom is -0.508 e. The lowest BCUT2D eigenvalue weighted by atomic mass is 9.95. The lowest BCUT2D eigenvalue weighted by Crippen LogP contribution is -2.51. The van der Waals surface area contributed by atoms with Gasteiger partial charge < -0.3 is 20.1 Å². The molecule has 4 aliphatic rings. The molecule has 5 heterocycles. The fraction of sp³-hybridized carbons (Fsp3) is 0.441. The fourth-order valence-electron chi connectivity index (χ4n) is 7.49. The fourth-order valence-corrected chi connectivity index (χ4v) is 7.49. The van der Waals surface area contributed by atoms with Gasteiger partial charge in [0, 0.05) is 54.7 Å². The lowest BCUT2D eigenvalue weighted by molar-refractivity contribution is 0.101. The summed E-state index contributed by atoms with van der Waals surface area (Å²) in [5.41, 5.74) is 0.156. The molecule has 2 bridgehead atoms. The molecular formula is C34H36F3N5O3. The molecule has 2 unspecified atom stereocenters. The van der Waals surface area contributed by atoms with Gasteiger partial charge in [0.15, 0.2) is 11.6 Å². The number of nitrogens with zero attached hydrogens (tertiary/aromatic N) is 4. The number of aliphatic hydroxyl groups excluding tert-OH is 1. The number of benzene rings is 2. The Bertz CT molecular complexity index is 1700. The molecule has 0 saturated carbocycles. The summed E-state index contributed by atoms with van der Waals surface area (Å²) in [4.78, 5) is 25.0. The predicted molar refractivity (Wildman–Crippen MR) is 166 cm³/mol. The van der Waals surface area contributed by atoms with Crippen molar-refractivity contribution in [2.24, 2.45) is 0 Å². The van der Waals surface area contributed by atoms with Gasteiger partial charge in [0.05, 0.1) is 5.54 Å². The maximum Gasteiger partial charge on any atom is 0.319 e. The first-order valence-corrected chi connectivity index (χ1v) is 15.6. The summed E-state index contributed by atoms with van der Waals surface area (Å²) in [5.74, 6) is -1.68. The van der Waals surface area contributed by atoms with Crippen LogP contribution in [0.3, 0.4) is 0 Å². The van der Waals surface area contributed by atoms with E-state index in [9.17, 15) is 14.3 Å². The molecule has 2 N–H and O–H groups in total. The van der Waals surface area contributed by atoms with Gasteiger partial charge >= 0.3 is 6.01 Å². The van der Waals surface area contributed by atoms with E-state index in [1.165, 1.54) is 25.1 Å². The van der Waals surface area contributed by atoms with Crippen LogP contribution in [0.4, 0.5) is 19.0 Å². The zero-order chi connectivity index (χ0) is 31.3. The number of ketones is 1. The van der Waals surface area contributed by atoms with Crippen LogP contribution in [-0.4, -0.2) is 82.3 Å². The summed E-state index contributed by atoms with van der Waals surface area (Å²) < 4.78 is 52.3. The third-order valence-corrected chi connectivity index (χ3v) is 9.65. The van der Waals surface area contributed by atoms with Crippen molar-refractivity contribution < 1.29 is 27.8 Å². The van der Waals surface area contributed by atoms with Crippen LogP contribution in [0.15, 0.2) is 42.2 Å². The third kappa shape index (κ3) is 5.79. The highest BCUT2D eigenvalue weighted by Gasteiger charge is 2.49. The molecule has 11 heteroatoms. The van der Waals surface area contributed by atoms with Gasteiger partial charge in [-0.05, 0) is 75.1 Å². The third-order valence-electron chi connectivity index (χ3n) is 9.65. The number of piperazine rings is 1. The molecule has 0 spiro atoms. The quantitative estimate of drug-likeness (QED) is 0.191. The summed E-state index contributed by atoms with van der Waals surface area (Å²) in [5, 5.41) is 14.3. The molecule has 0 radical (unpaired) electrons. The number of hydrogen-bond acceptors (Lipinski definition) is 8. The Morgan fingerprint density at radius 1 is 1.18 bits per heavy atom. The number of Topliss-reactive ketones (excluding diaryl/α,β-unsaturated/α-hetero) is 1. The number of aliphatic hydroxyl groups is 1. The van der Waals surface area contributed by atoms with Crippen molar-refractivity contribution in [1.82, 2.24) is 20.2 Å². The van der Waals surface area contributed by atoms with Gasteiger partial charge in [-0.2, -0.15) is 9.97 Å². The van der Waals surface area contributed by atoms with Crippen LogP contribution in [0.1, 0.15) is 60.5 Å². The number of nitrogens with one attached hydrogen (secondary N) is 1. The van der Waals surface area contributed by atoms with Gasteiger partial charge in [-0.3, -0.25) is 9.69 Å². The highest BCUT2D eigenvalue weighted by molar-refractivity contribution is 5.94. The minimum absolute atomic E-state index is 0.0274. The number of rotatable bonds is 8. The van der Waals surface area contributed by atoms with E-state index < -0.39 is 23.3 Å². The van der Waals surface area contributed by atoms with Gasteiger partial charge in [-0.25, -0.2) is 13.2 Å². The molecule has 3 aromatic rings. The largest absolute Gasteiger partial charge is 0.508 e. The van der Waals surface area contributed by atoms with Crippen LogP contribution in [0.2, 0.25) is 0 Å². The summed E-state index contributed by atoms with van der Waals surface area (Å²) >= 11 is 0. The number of carbonyl (C=O) groups is 1. The molecule has 4 saturated heterocycles. The van der Waals surface area contributed by atoms with Crippen LogP contribution in [0, 0.1) is 11.6 Å². The van der Waals surface area contributed by atoms with Crippen LogP contribution >= 0.6 is 0 Å². The smallest absolute Gasteiger partial charge is 0.319 e. The van der Waals surface area contributed by atoms with Gasteiger partial charge in [-0.1, -0.05) is 18.2 Å². The highest BCUT2D eigenvalue weighted by atomic mass is 19.1. The zero-order valence-electron chi connectivity index (χ0n) is 25.1. The second kappa shape index (κ2) is 11.8. The van der Waals surface area contributed by atoms with E-state index in [1.807, 2.05) is 4.90 Å². The van der Waals surface area contributed by atoms with Crippen LogP contribution in [0.25, 0.3) is 23.1 Å². The molecule has 4 fully saturated rings. The SMILES string of the molecule is CC(=O)c1cccc(/C=C(O)\C=C\c2c(F)cc3c(N4CC5CCC(C4)N5)nc(OC[C@@]45CCCN4C[C@H](F)C5)nc3c2F)c1. The molecule has 0 aliphatic carbocycles. The van der Waals surface area contributed by atoms with Crippen molar-refractivity contribution >= 4 is 34.7 Å². The van der Waals surface area contributed by atoms with E-state index in [1.54, 1.807) is 24.3 Å². The Morgan fingerprint density at radius 2 is 1.98 bits per heavy atom. The van der Waals surface area contributed by atoms with Crippen LogP contribution < -0.4 is 15.0 Å². The first-order valence-electron chi connectivity index (χ1n) is 15.6. The molecule has 0 amide bonds. The maximum absolute atomic E-state index is 16.2. The van der Waals surface area contributed by atoms with Gasteiger partial charge in [0.25, 0.3) is 0 Å². The summed E-state index contributed by atoms with van der Waals surface area (Å²) in [6.07, 6.45) is 7.01. The molecule has 4 aliphatic heterocycles. The number of aromatic nitrogens is 2. The van der Waals surface area contributed by atoms with Crippen molar-refractivity contribution in [3.05, 3.63) is 70.5 Å². The topological polar surface area (TPSA) is 90.8 Å². The van der Waals surface area contributed by atoms with E-state index in [0.29, 0.717) is 43.0 Å². The van der Waals surface area contributed by atoms with Gasteiger partial charge in [-0.15, -0.1) is 0 Å².